The molecule has 6 nitrogen and oxygen atoms in total. The van der Waals surface area contributed by atoms with Gasteiger partial charge in [-0.25, -0.2) is 4.39 Å². The molecule has 7 heteroatoms. The van der Waals surface area contributed by atoms with Crippen molar-refractivity contribution in [3.63, 3.8) is 0 Å². The van der Waals surface area contributed by atoms with Gasteiger partial charge in [0, 0.05) is 30.9 Å². The minimum absolute atomic E-state index is 0.00906. The van der Waals surface area contributed by atoms with Crippen LogP contribution in [0.2, 0.25) is 0 Å². The first-order valence-electron chi connectivity index (χ1n) is 8.82. The Morgan fingerprint density at radius 3 is 2.81 bits per heavy atom. The van der Waals surface area contributed by atoms with Gasteiger partial charge in [0.05, 0.1) is 18.4 Å². The Hall–Kier alpha value is -3.09. The highest BCUT2D eigenvalue weighted by atomic mass is 19.1. The minimum atomic E-state index is -0.549. The lowest BCUT2D eigenvalue weighted by Gasteiger charge is -2.40. The molecule has 4 rings (SSSR count). The fraction of sp³-hybridized carbons (Fsp3) is 0.300. The van der Waals surface area contributed by atoms with Crippen LogP contribution in [-0.4, -0.2) is 43.6 Å². The van der Waals surface area contributed by atoms with Crippen LogP contribution in [-0.2, 0) is 0 Å². The van der Waals surface area contributed by atoms with E-state index >= 15 is 0 Å². The molecule has 0 radical (unpaired) electrons. The fourth-order valence-corrected chi connectivity index (χ4v) is 3.80. The van der Waals surface area contributed by atoms with Gasteiger partial charge in [-0.15, -0.1) is 0 Å². The lowest BCUT2D eigenvalue weighted by molar-refractivity contribution is 0.0719. The van der Waals surface area contributed by atoms with E-state index in [-0.39, 0.29) is 23.7 Å². The molecule has 1 saturated heterocycles. The van der Waals surface area contributed by atoms with Crippen LogP contribution in [0.4, 0.5) is 15.8 Å². The number of carbonyl (C=O) groups is 2. The molecule has 2 heterocycles. The zero-order valence-electron chi connectivity index (χ0n) is 15.2. The number of benzene rings is 2. The van der Waals surface area contributed by atoms with Crippen molar-refractivity contribution < 1.29 is 18.7 Å². The molecule has 140 valence electrons. The van der Waals surface area contributed by atoms with E-state index < -0.39 is 5.82 Å². The van der Waals surface area contributed by atoms with E-state index in [1.54, 1.807) is 24.3 Å². The molecular weight excluding hydrogens is 349 g/mol. The molecule has 1 fully saturated rings. The first-order valence-corrected chi connectivity index (χ1v) is 8.82. The summed E-state index contributed by atoms with van der Waals surface area (Å²) in [6, 6.07) is 9.27. The maximum Gasteiger partial charge on any atom is 0.257 e. The number of rotatable bonds is 3. The van der Waals surface area contributed by atoms with Crippen molar-refractivity contribution in [1.29, 1.82) is 0 Å². The van der Waals surface area contributed by atoms with Gasteiger partial charge < -0.3 is 19.9 Å². The molecular formula is C20H20FN3O3. The second-order valence-corrected chi connectivity index (χ2v) is 6.77. The maximum atomic E-state index is 13.8. The molecule has 2 aromatic rings. The van der Waals surface area contributed by atoms with Crippen LogP contribution >= 0.6 is 0 Å². The number of nitrogens with zero attached hydrogens (tertiary/aromatic N) is 2. The Morgan fingerprint density at radius 2 is 2.07 bits per heavy atom. The number of nitrogens with one attached hydrogen (secondary N) is 1. The molecule has 0 aliphatic carbocycles. The fourth-order valence-electron chi connectivity index (χ4n) is 3.80. The summed E-state index contributed by atoms with van der Waals surface area (Å²) in [6.07, 6.45) is 1.94. The molecule has 1 unspecified atom stereocenters. The SMILES string of the molecule is COc1ccc(NC(=O)c2ccc3c(c2)N(C)C2CCCN2C3=O)cc1F. The van der Waals surface area contributed by atoms with Gasteiger partial charge in [0.25, 0.3) is 11.8 Å². The summed E-state index contributed by atoms with van der Waals surface area (Å²) in [7, 11) is 3.32. The van der Waals surface area contributed by atoms with Crippen LogP contribution in [0, 0.1) is 5.82 Å². The average Bonchev–Trinajstić information content (AvgIpc) is 3.16. The minimum Gasteiger partial charge on any atom is -0.494 e. The standard InChI is InChI=1S/C20H20FN3O3/c1-23-16-10-12(5-7-14(16)20(26)24-9-3-4-18(23)24)19(25)22-13-6-8-17(27-2)15(21)11-13/h5-8,10-11,18H,3-4,9H2,1-2H3,(H,22,25). The summed E-state index contributed by atoms with van der Waals surface area (Å²) in [5.74, 6) is -0.790. The van der Waals surface area contributed by atoms with Crippen LogP contribution in [0.3, 0.4) is 0 Å². The monoisotopic (exact) mass is 369 g/mol. The van der Waals surface area contributed by atoms with E-state index in [0.717, 1.165) is 25.1 Å². The molecule has 0 aromatic heterocycles. The Morgan fingerprint density at radius 1 is 1.26 bits per heavy atom. The second kappa shape index (κ2) is 6.57. The van der Waals surface area contributed by atoms with Crippen LogP contribution in [0.5, 0.6) is 5.75 Å². The predicted molar refractivity (Wildman–Crippen MR) is 99.8 cm³/mol. The van der Waals surface area contributed by atoms with Crippen molar-refractivity contribution >= 4 is 23.2 Å². The number of amides is 2. The number of ether oxygens (including phenoxy) is 1. The zero-order chi connectivity index (χ0) is 19.1. The summed E-state index contributed by atoms with van der Waals surface area (Å²) in [5.41, 5.74) is 2.10. The molecule has 2 aromatic carbocycles. The van der Waals surface area contributed by atoms with Gasteiger partial charge in [0.1, 0.15) is 6.17 Å². The number of methoxy groups -OCH3 is 1. The van der Waals surface area contributed by atoms with Crippen LogP contribution < -0.4 is 15.0 Å². The number of carbonyl (C=O) groups excluding carboxylic acids is 2. The number of hydrogen-bond acceptors (Lipinski definition) is 4. The third kappa shape index (κ3) is 2.89. The summed E-state index contributed by atoms with van der Waals surface area (Å²) >= 11 is 0. The van der Waals surface area contributed by atoms with E-state index in [9.17, 15) is 14.0 Å². The normalized spacial score (nSPS) is 18.2. The number of anilines is 2. The third-order valence-corrected chi connectivity index (χ3v) is 5.21. The largest absolute Gasteiger partial charge is 0.494 e. The molecule has 27 heavy (non-hydrogen) atoms. The van der Waals surface area contributed by atoms with Crippen molar-refractivity contribution in [2.45, 2.75) is 19.0 Å². The van der Waals surface area contributed by atoms with Crippen LogP contribution in [0.15, 0.2) is 36.4 Å². The van der Waals surface area contributed by atoms with Crippen molar-refractivity contribution in [2.75, 3.05) is 30.9 Å². The van der Waals surface area contributed by atoms with E-state index in [2.05, 4.69) is 5.32 Å². The van der Waals surface area contributed by atoms with Gasteiger partial charge in [0.15, 0.2) is 11.6 Å². The van der Waals surface area contributed by atoms with Gasteiger partial charge >= 0.3 is 0 Å². The van der Waals surface area contributed by atoms with Crippen LogP contribution in [0.1, 0.15) is 33.6 Å². The zero-order valence-corrected chi connectivity index (χ0v) is 15.2. The van der Waals surface area contributed by atoms with Gasteiger partial charge in [0.2, 0.25) is 0 Å². The van der Waals surface area contributed by atoms with E-state index in [1.807, 2.05) is 16.8 Å². The van der Waals surface area contributed by atoms with Crippen molar-refractivity contribution in [2.24, 2.45) is 0 Å². The molecule has 2 aliphatic rings. The molecule has 2 aliphatic heterocycles. The highest BCUT2D eigenvalue weighted by Crippen LogP contribution is 2.35. The van der Waals surface area contributed by atoms with Gasteiger partial charge in [-0.05, 0) is 43.2 Å². The van der Waals surface area contributed by atoms with E-state index in [0.29, 0.717) is 16.8 Å². The molecule has 1 atom stereocenters. The summed E-state index contributed by atoms with van der Waals surface area (Å²) < 4.78 is 18.7. The summed E-state index contributed by atoms with van der Waals surface area (Å²) in [4.78, 5) is 29.2. The molecule has 1 N–H and O–H groups in total. The van der Waals surface area contributed by atoms with Crippen molar-refractivity contribution in [3.8, 4) is 5.75 Å². The first kappa shape index (κ1) is 17.3. The smallest absolute Gasteiger partial charge is 0.257 e. The molecule has 0 saturated carbocycles. The van der Waals surface area contributed by atoms with Crippen molar-refractivity contribution in [3.05, 3.63) is 53.3 Å². The quantitative estimate of drug-likeness (QED) is 0.903. The highest BCUT2D eigenvalue weighted by molar-refractivity contribution is 6.08. The number of fused-ring (bicyclic) bond motifs is 2. The summed E-state index contributed by atoms with van der Waals surface area (Å²) in [6.45, 7) is 0.762. The maximum absolute atomic E-state index is 13.8. The number of halogens is 1. The van der Waals surface area contributed by atoms with Gasteiger partial charge in [-0.1, -0.05) is 0 Å². The van der Waals surface area contributed by atoms with E-state index in [1.165, 1.54) is 19.2 Å². The lowest BCUT2D eigenvalue weighted by Crippen LogP contribution is -2.50. The predicted octanol–water partition coefficient (Wildman–Crippen LogP) is 3.10. The van der Waals surface area contributed by atoms with Crippen molar-refractivity contribution in [1.82, 2.24) is 4.90 Å². The van der Waals surface area contributed by atoms with E-state index in [4.69, 9.17) is 4.74 Å². The van der Waals surface area contributed by atoms with Gasteiger partial charge in [-0.2, -0.15) is 0 Å². The summed E-state index contributed by atoms with van der Waals surface area (Å²) in [5, 5.41) is 2.68. The highest BCUT2D eigenvalue weighted by Gasteiger charge is 2.38. The first-order chi connectivity index (χ1) is 13.0. The Kier molecular flexibility index (Phi) is 4.22. The Balaban J connectivity index is 1.60. The molecule has 0 bridgehead atoms. The number of hydrogen-bond donors (Lipinski definition) is 1. The topological polar surface area (TPSA) is 61.9 Å². The Labute approximate surface area is 156 Å². The van der Waals surface area contributed by atoms with Crippen LogP contribution in [0.25, 0.3) is 0 Å². The third-order valence-electron chi connectivity index (χ3n) is 5.21. The molecule has 0 spiro atoms. The Bertz CT molecular complexity index is 931. The lowest BCUT2D eigenvalue weighted by atomic mass is 10.0. The second-order valence-electron chi connectivity index (χ2n) is 6.77. The average molecular weight is 369 g/mol. The van der Waals surface area contributed by atoms with Gasteiger partial charge in [-0.3, -0.25) is 9.59 Å². The molecule has 2 amide bonds.